The maximum Gasteiger partial charge on any atom is 0.261 e. The van der Waals surface area contributed by atoms with Crippen LogP contribution in [0.4, 0.5) is 5.69 Å². The number of pyridine rings is 1. The number of hydrogen-bond donors (Lipinski definition) is 2. The lowest BCUT2D eigenvalue weighted by Crippen LogP contribution is -2.22. The number of aromatic nitrogens is 1. The van der Waals surface area contributed by atoms with Gasteiger partial charge in [-0.15, -0.1) is 0 Å². The second-order valence-electron chi connectivity index (χ2n) is 4.53. The number of H-pyrrole nitrogens is 1. The minimum Gasteiger partial charge on any atom is -0.367 e. The molecule has 0 fully saturated rings. The molecule has 0 aliphatic rings. The zero-order valence-electron chi connectivity index (χ0n) is 11.7. The minimum atomic E-state index is -0.373. The Balaban J connectivity index is 2.37. The zero-order chi connectivity index (χ0) is 14.5. The molecular formula is C16H18N2O2. The number of para-hydroxylation sites is 1. The van der Waals surface area contributed by atoms with E-state index in [2.05, 4.69) is 10.3 Å². The first-order valence-electron chi connectivity index (χ1n) is 6.76. The Kier molecular flexibility index (Phi) is 4.35. The lowest BCUT2D eigenvalue weighted by molar-refractivity contribution is 0.102. The van der Waals surface area contributed by atoms with Gasteiger partial charge < -0.3 is 10.3 Å². The second-order valence-corrected chi connectivity index (χ2v) is 4.53. The highest BCUT2D eigenvalue weighted by atomic mass is 16.2. The smallest absolute Gasteiger partial charge is 0.261 e. The van der Waals surface area contributed by atoms with Crippen LogP contribution >= 0.6 is 0 Å². The van der Waals surface area contributed by atoms with Crippen molar-refractivity contribution in [1.82, 2.24) is 4.98 Å². The van der Waals surface area contributed by atoms with Crippen molar-refractivity contribution in [1.29, 1.82) is 0 Å². The van der Waals surface area contributed by atoms with Crippen molar-refractivity contribution in [2.45, 2.75) is 26.7 Å². The van der Waals surface area contributed by atoms with Crippen LogP contribution in [-0.2, 0) is 12.8 Å². The number of aromatic amines is 1. The Morgan fingerprint density at radius 2 is 1.80 bits per heavy atom. The SMILES string of the molecule is CCc1cccc(CC)c1NC(=O)c1c[nH]ccc1=O. The maximum atomic E-state index is 12.2. The van der Waals surface area contributed by atoms with Crippen LogP contribution in [0.15, 0.2) is 41.5 Å². The van der Waals surface area contributed by atoms with Crippen LogP contribution in [0.3, 0.4) is 0 Å². The quantitative estimate of drug-likeness (QED) is 0.897. The molecule has 104 valence electrons. The van der Waals surface area contributed by atoms with Crippen LogP contribution < -0.4 is 10.7 Å². The largest absolute Gasteiger partial charge is 0.367 e. The number of carbonyl (C=O) groups excluding carboxylic acids is 1. The molecule has 0 spiro atoms. The highest BCUT2D eigenvalue weighted by molar-refractivity contribution is 6.04. The standard InChI is InChI=1S/C16H18N2O2/c1-3-11-6-5-7-12(4-2)15(11)18-16(20)13-10-17-9-8-14(13)19/h5-10H,3-4H2,1-2H3,(H,17,19)(H,18,20). The Morgan fingerprint density at radius 3 is 2.35 bits per heavy atom. The summed E-state index contributed by atoms with van der Waals surface area (Å²) in [4.78, 5) is 26.7. The van der Waals surface area contributed by atoms with Gasteiger partial charge in [-0.05, 0) is 24.0 Å². The van der Waals surface area contributed by atoms with Gasteiger partial charge in [0.2, 0.25) is 0 Å². The van der Waals surface area contributed by atoms with E-state index in [4.69, 9.17) is 0 Å². The van der Waals surface area contributed by atoms with Gasteiger partial charge >= 0.3 is 0 Å². The Morgan fingerprint density at radius 1 is 1.15 bits per heavy atom. The molecule has 0 saturated carbocycles. The average molecular weight is 270 g/mol. The summed E-state index contributed by atoms with van der Waals surface area (Å²) >= 11 is 0. The summed E-state index contributed by atoms with van der Waals surface area (Å²) in [5.74, 6) is -0.373. The van der Waals surface area contributed by atoms with Crippen LogP contribution in [0.1, 0.15) is 35.3 Å². The van der Waals surface area contributed by atoms with Crippen molar-refractivity contribution in [3.8, 4) is 0 Å². The number of amides is 1. The molecule has 2 rings (SSSR count). The Bertz CT molecular complexity index is 652. The zero-order valence-corrected chi connectivity index (χ0v) is 11.7. The fourth-order valence-electron chi connectivity index (χ4n) is 2.18. The van der Waals surface area contributed by atoms with E-state index in [-0.39, 0.29) is 16.9 Å². The molecule has 0 bridgehead atoms. The van der Waals surface area contributed by atoms with Crippen molar-refractivity contribution in [3.05, 3.63) is 63.6 Å². The van der Waals surface area contributed by atoms with E-state index in [1.54, 1.807) is 0 Å². The van der Waals surface area contributed by atoms with Gasteiger partial charge in [0.1, 0.15) is 5.56 Å². The number of anilines is 1. The van der Waals surface area contributed by atoms with E-state index in [0.29, 0.717) is 0 Å². The first-order chi connectivity index (χ1) is 9.67. The number of carbonyl (C=O) groups is 1. The third-order valence-corrected chi connectivity index (χ3v) is 3.31. The molecule has 1 aromatic carbocycles. The van der Waals surface area contributed by atoms with Gasteiger partial charge in [-0.3, -0.25) is 9.59 Å². The molecule has 4 nitrogen and oxygen atoms in total. The molecule has 0 atom stereocenters. The fraction of sp³-hybridized carbons (Fsp3) is 0.250. The third-order valence-electron chi connectivity index (χ3n) is 3.31. The van der Waals surface area contributed by atoms with E-state index in [9.17, 15) is 9.59 Å². The van der Waals surface area contributed by atoms with Gasteiger partial charge in [-0.2, -0.15) is 0 Å². The monoisotopic (exact) mass is 270 g/mol. The summed E-state index contributed by atoms with van der Waals surface area (Å²) in [6.07, 6.45) is 4.59. The highest BCUT2D eigenvalue weighted by Crippen LogP contribution is 2.22. The normalized spacial score (nSPS) is 10.3. The summed E-state index contributed by atoms with van der Waals surface area (Å²) in [5, 5.41) is 2.88. The van der Waals surface area contributed by atoms with Crippen LogP contribution in [0.2, 0.25) is 0 Å². The molecule has 2 aromatic rings. The summed E-state index contributed by atoms with van der Waals surface area (Å²) in [5.41, 5.74) is 2.81. The van der Waals surface area contributed by atoms with E-state index < -0.39 is 0 Å². The first-order valence-corrected chi connectivity index (χ1v) is 6.76. The predicted octanol–water partition coefficient (Wildman–Crippen LogP) is 2.75. The first kappa shape index (κ1) is 14.1. The van der Waals surface area contributed by atoms with Crippen LogP contribution in [0.5, 0.6) is 0 Å². The molecule has 20 heavy (non-hydrogen) atoms. The van der Waals surface area contributed by atoms with Crippen molar-refractivity contribution >= 4 is 11.6 Å². The predicted molar refractivity (Wildman–Crippen MR) is 80.2 cm³/mol. The van der Waals surface area contributed by atoms with Gasteiger partial charge in [-0.25, -0.2) is 0 Å². The molecule has 0 unspecified atom stereocenters. The summed E-state index contributed by atoms with van der Waals surface area (Å²) < 4.78 is 0. The lowest BCUT2D eigenvalue weighted by atomic mass is 10.0. The molecular weight excluding hydrogens is 252 g/mol. The van der Waals surface area contributed by atoms with E-state index in [1.165, 1.54) is 18.5 Å². The number of rotatable bonds is 4. The molecule has 0 aliphatic carbocycles. The van der Waals surface area contributed by atoms with Gasteiger partial charge in [0.15, 0.2) is 5.43 Å². The summed E-state index contributed by atoms with van der Waals surface area (Å²) in [6.45, 7) is 4.08. The third kappa shape index (κ3) is 2.79. The molecule has 0 radical (unpaired) electrons. The van der Waals surface area contributed by atoms with E-state index in [1.807, 2.05) is 32.0 Å². The van der Waals surface area contributed by atoms with Crippen molar-refractivity contribution in [3.63, 3.8) is 0 Å². The average Bonchev–Trinajstić information content (AvgIpc) is 2.47. The Labute approximate surface area is 117 Å². The van der Waals surface area contributed by atoms with E-state index >= 15 is 0 Å². The second kappa shape index (κ2) is 6.19. The number of benzene rings is 1. The molecule has 1 aromatic heterocycles. The van der Waals surface area contributed by atoms with Crippen molar-refractivity contribution in [2.75, 3.05) is 5.32 Å². The number of hydrogen-bond acceptors (Lipinski definition) is 2. The molecule has 2 N–H and O–H groups in total. The minimum absolute atomic E-state index is 0.125. The highest BCUT2D eigenvalue weighted by Gasteiger charge is 2.13. The Hall–Kier alpha value is -2.36. The lowest BCUT2D eigenvalue weighted by Gasteiger charge is -2.14. The molecule has 4 heteroatoms. The van der Waals surface area contributed by atoms with Crippen molar-refractivity contribution in [2.24, 2.45) is 0 Å². The molecule has 0 saturated heterocycles. The topological polar surface area (TPSA) is 62.0 Å². The number of aryl methyl sites for hydroxylation is 2. The van der Waals surface area contributed by atoms with Crippen LogP contribution in [0, 0.1) is 0 Å². The van der Waals surface area contributed by atoms with Crippen molar-refractivity contribution < 1.29 is 4.79 Å². The number of nitrogens with one attached hydrogen (secondary N) is 2. The van der Waals surface area contributed by atoms with Gasteiger partial charge in [0.25, 0.3) is 5.91 Å². The van der Waals surface area contributed by atoms with E-state index in [0.717, 1.165) is 29.7 Å². The fourth-order valence-corrected chi connectivity index (χ4v) is 2.18. The summed E-state index contributed by atoms with van der Waals surface area (Å²) in [6, 6.07) is 7.32. The molecule has 0 aliphatic heterocycles. The van der Waals surface area contributed by atoms with Gasteiger partial charge in [0.05, 0.1) is 0 Å². The van der Waals surface area contributed by atoms with Crippen LogP contribution in [0.25, 0.3) is 0 Å². The van der Waals surface area contributed by atoms with Gasteiger partial charge in [0, 0.05) is 24.1 Å². The van der Waals surface area contributed by atoms with Gasteiger partial charge in [-0.1, -0.05) is 32.0 Å². The maximum absolute atomic E-state index is 12.2. The van der Waals surface area contributed by atoms with Crippen LogP contribution in [-0.4, -0.2) is 10.9 Å². The molecule has 1 amide bonds. The molecule has 1 heterocycles. The summed E-state index contributed by atoms with van der Waals surface area (Å²) in [7, 11) is 0.